The predicted octanol–water partition coefficient (Wildman–Crippen LogP) is 2.41. The summed E-state index contributed by atoms with van der Waals surface area (Å²) in [5, 5.41) is 18.6. The van der Waals surface area contributed by atoms with Gasteiger partial charge in [-0.15, -0.1) is 0 Å². The maximum atomic E-state index is 12.5. The second kappa shape index (κ2) is 6.41. The molecule has 0 bridgehead atoms. The highest BCUT2D eigenvalue weighted by Gasteiger charge is 2.30. The molecule has 0 aliphatic heterocycles. The zero-order valence-corrected chi connectivity index (χ0v) is 12.3. The Labute approximate surface area is 118 Å². The van der Waals surface area contributed by atoms with E-state index >= 15 is 0 Å². The van der Waals surface area contributed by atoms with Gasteiger partial charge in [0.2, 0.25) is 5.91 Å². The number of anilines is 1. The highest BCUT2D eigenvalue weighted by Crippen LogP contribution is 2.27. The number of benzene rings is 1. The van der Waals surface area contributed by atoms with E-state index in [9.17, 15) is 14.7 Å². The molecule has 0 fully saturated rings. The van der Waals surface area contributed by atoms with E-state index in [0.717, 1.165) is 5.56 Å². The van der Waals surface area contributed by atoms with Gasteiger partial charge in [0, 0.05) is 18.5 Å². The van der Waals surface area contributed by atoms with Gasteiger partial charge in [0.1, 0.15) is 5.75 Å². The lowest BCUT2D eigenvalue weighted by atomic mass is 9.94. The lowest BCUT2D eigenvalue weighted by molar-refractivity contribution is -0.145. The van der Waals surface area contributed by atoms with E-state index in [-0.39, 0.29) is 11.7 Å². The van der Waals surface area contributed by atoms with Crippen LogP contribution in [-0.2, 0) is 9.59 Å². The first-order chi connectivity index (χ1) is 9.29. The van der Waals surface area contributed by atoms with Crippen LogP contribution in [-0.4, -0.2) is 28.6 Å². The molecule has 0 aliphatic carbocycles. The quantitative estimate of drug-likeness (QED) is 0.867. The largest absolute Gasteiger partial charge is 0.508 e. The van der Waals surface area contributed by atoms with Crippen LogP contribution in [0.25, 0.3) is 0 Å². The molecule has 1 rings (SSSR count). The molecule has 1 amide bonds. The van der Waals surface area contributed by atoms with Crippen LogP contribution < -0.4 is 4.90 Å². The molecule has 2 unspecified atom stereocenters. The van der Waals surface area contributed by atoms with Crippen molar-refractivity contribution in [3.05, 3.63) is 23.8 Å². The second-order valence-electron chi connectivity index (χ2n) is 4.97. The summed E-state index contributed by atoms with van der Waals surface area (Å²) in [5.41, 5.74) is 1.47. The molecule has 0 heterocycles. The van der Waals surface area contributed by atoms with Crippen molar-refractivity contribution in [1.82, 2.24) is 0 Å². The van der Waals surface area contributed by atoms with E-state index in [2.05, 4.69) is 0 Å². The molecule has 0 saturated carbocycles. The summed E-state index contributed by atoms with van der Waals surface area (Å²) in [7, 11) is 0. The molecule has 1 aromatic carbocycles. The predicted molar refractivity (Wildman–Crippen MR) is 76.8 cm³/mol. The number of aromatic hydroxyl groups is 1. The SMILES string of the molecule is CCN(C(=O)C(C)C(C)C(=O)O)c1cc(O)ccc1C. The van der Waals surface area contributed by atoms with Crippen LogP contribution >= 0.6 is 0 Å². The first kappa shape index (κ1) is 16.0. The smallest absolute Gasteiger partial charge is 0.307 e. The molecule has 0 saturated heterocycles. The summed E-state index contributed by atoms with van der Waals surface area (Å²) in [5.74, 6) is -2.55. The lowest BCUT2D eigenvalue weighted by Gasteiger charge is -2.27. The minimum Gasteiger partial charge on any atom is -0.508 e. The fourth-order valence-electron chi connectivity index (χ4n) is 2.01. The Morgan fingerprint density at radius 2 is 1.85 bits per heavy atom. The third kappa shape index (κ3) is 3.29. The normalized spacial score (nSPS) is 13.6. The third-order valence-corrected chi connectivity index (χ3v) is 3.59. The average Bonchev–Trinajstić information content (AvgIpc) is 2.41. The van der Waals surface area contributed by atoms with Crippen molar-refractivity contribution in [2.24, 2.45) is 11.8 Å². The third-order valence-electron chi connectivity index (χ3n) is 3.59. The topological polar surface area (TPSA) is 77.8 Å². The molecule has 0 aliphatic rings. The standard InChI is InChI=1S/C15H21NO4/c1-5-16(13-8-12(17)7-6-9(13)2)14(18)10(3)11(4)15(19)20/h6-8,10-11,17H,5H2,1-4H3,(H,19,20). The van der Waals surface area contributed by atoms with Crippen molar-refractivity contribution < 1.29 is 19.8 Å². The van der Waals surface area contributed by atoms with Gasteiger partial charge in [-0.3, -0.25) is 9.59 Å². The fraction of sp³-hybridized carbons (Fsp3) is 0.467. The van der Waals surface area contributed by atoms with Crippen LogP contribution in [0.2, 0.25) is 0 Å². The van der Waals surface area contributed by atoms with Crippen LogP contribution in [0.1, 0.15) is 26.3 Å². The molecule has 5 heteroatoms. The Bertz CT molecular complexity index is 513. The Balaban J connectivity index is 3.10. The fourth-order valence-corrected chi connectivity index (χ4v) is 2.01. The van der Waals surface area contributed by atoms with Crippen LogP contribution in [0, 0.1) is 18.8 Å². The maximum absolute atomic E-state index is 12.5. The lowest BCUT2D eigenvalue weighted by Crippen LogP contribution is -2.39. The number of aliphatic carboxylic acids is 1. The Kier molecular flexibility index (Phi) is 5.13. The zero-order valence-electron chi connectivity index (χ0n) is 12.3. The molecule has 0 spiro atoms. The highest BCUT2D eigenvalue weighted by molar-refractivity contribution is 5.97. The van der Waals surface area contributed by atoms with Gasteiger partial charge in [-0.1, -0.05) is 19.9 Å². The maximum Gasteiger partial charge on any atom is 0.307 e. The number of nitrogens with zero attached hydrogens (tertiary/aromatic N) is 1. The molecule has 2 N–H and O–H groups in total. The molecular formula is C15H21NO4. The summed E-state index contributed by atoms with van der Waals surface area (Å²) in [4.78, 5) is 25.0. The minimum absolute atomic E-state index is 0.0794. The van der Waals surface area contributed by atoms with Crippen molar-refractivity contribution >= 4 is 17.6 Å². The number of aryl methyl sites for hydroxylation is 1. The number of amides is 1. The van der Waals surface area contributed by atoms with Crippen LogP contribution in [0.3, 0.4) is 0 Å². The number of hydrogen-bond acceptors (Lipinski definition) is 3. The summed E-state index contributed by atoms with van der Waals surface area (Å²) in [6, 6.07) is 4.81. The van der Waals surface area contributed by atoms with Crippen molar-refractivity contribution in [1.29, 1.82) is 0 Å². The molecular weight excluding hydrogens is 258 g/mol. The van der Waals surface area contributed by atoms with Crippen LogP contribution in [0.5, 0.6) is 5.75 Å². The molecule has 2 atom stereocenters. The van der Waals surface area contributed by atoms with Crippen molar-refractivity contribution in [2.75, 3.05) is 11.4 Å². The zero-order chi connectivity index (χ0) is 15.4. The van der Waals surface area contributed by atoms with Crippen LogP contribution in [0.4, 0.5) is 5.69 Å². The van der Waals surface area contributed by atoms with E-state index in [1.54, 1.807) is 19.1 Å². The summed E-state index contributed by atoms with van der Waals surface area (Å²) in [6.07, 6.45) is 0. The Hall–Kier alpha value is -2.04. The molecule has 20 heavy (non-hydrogen) atoms. The van der Waals surface area contributed by atoms with E-state index < -0.39 is 17.8 Å². The molecule has 110 valence electrons. The van der Waals surface area contributed by atoms with Gasteiger partial charge in [0.25, 0.3) is 0 Å². The monoisotopic (exact) mass is 279 g/mol. The van der Waals surface area contributed by atoms with E-state index in [1.165, 1.54) is 17.9 Å². The van der Waals surface area contributed by atoms with Crippen molar-refractivity contribution in [2.45, 2.75) is 27.7 Å². The first-order valence-corrected chi connectivity index (χ1v) is 6.63. The number of carboxylic acid groups (broad SMARTS) is 1. The number of phenolic OH excluding ortho intramolecular Hbond substituents is 1. The van der Waals surface area contributed by atoms with Crippen LogP contribution in [0.15, 0.2) is 18.2 Å². The molecule has 1 aromatic rings. The number of carbonyl (C=O) groups is 2. The van der Waals surface area contributed by atoms with Crippen molar-refractivity contribution in [3.63, 3.8) is 0 Å². The van der Waals surface area contributed by atoms with Gasteiger partial charge in [0.05, 0.1) is 11.6 Å². The van der Waals surface area contributed by atoms with Gasteiger partial charge in [-0.05, 0) is 25.5 Å². The highest BCUT2D eigenvalue weighted by atomic mass is 16.4. The van der Waals surface area contributed by atoms with E-state index in [0.29, 0.717) is 12.2 Å². The molecule has 0 aromatic heterocycles. The summed E-state index contributed by atoms with van der Waals surface area (Å²) >= 11 is 0. The number of carboxylic acids is 1. The molecule has 0 radical (unpaired) electrons. The minimum atomic E-state index is -0.991. The van der Waals surface area contributed by atoms with Gasteiger partial charge >= 0.3 is 5.97 Å². The van der Waals surface area contributed by atoms with Gasteiger partial charge in [0.15, 0.2) is 0 Å². The van der Waals surface area contributed by atoms with Gasteiger partial charge in [-0.25, -0.2) is 0 Å². The average molecular weight is 279 g/mol. The van der Waals surface area contributed by atoms with Crippen molar-refractivity contribution in [3.8, 4) is 5.75 Å². The number of hydrogen-bond donors (Lipinski definition) is 2. The Morgan fingerprint density at radius 3 is 2.35 bits per heavy atom. The summed E-state index contributed by atoms with van der Waals surface area (Å²) < 4.78 is 0. The number of carbonyl (C=O) groups excluding carboxylic acids is 1. The van der Waals surface area contributed by atoms with E-state index in [4.69, 9.17) is 5.11 Å². The summed E-state index contributed by atoms with van der Waals surface area (Å²) in [6.45, 7) is 7.21. The Morgan fingerprint density at radius 1 is 1.25 bits per heavy atom. The number of rotatable bonds is 5. The molecule has 5 nitrogen and oxygen atoms in total. The number of phenols is 1. The van der Waals surface area contributed by atoms with Gasteiger partial charge in [-0.2, -0.15) is 0 Å². The van der Waals surface area contributed by atoms with Gasteiger partial charge < -0.3 is 15.1 Å². The first-order valence-electron chi connectivity index (χ1n) is 6.63. The van der Waals surface area contributed by atoms with E-state index in [1.807, 2.05) is 13.8 Å². The second-order valence-corrected chi connectivity index (χ2v) is 4.97.